The first-order chi connectivity index (χ1) is 8.56. The summed E-state index contributed by atoms with van der Waals surface area (Å²) in [4.78, 5) is 11.8. The van der Waals surface area contributed by atoms with Crippen molar-refractivity contribution in [1.82, 2.24) is 20.2 Å². The molecule has 6 nitrogen and oxygen atoms in total. The number of hydrogen-bond acceptors (Lipinski definition) is 4. The molecule has 1 aromatic carbocycles. The predicted octanol–water partition coefficient (Wildman–Crippen LogP) is 1.46. The predicted molar refractivity (Wildman–Crippen MR) is 70.0 cm³/mol. The maximum atomic E-state index is 11.8. The van der Waals surface area contributed by atoms with Crippen LogP contribution in [-0.2, 0) is 18.3 Å². The van der Waals surface area contributed by atoms with Crippen molar-refractivity contribution in [2.24, 2.45) is 7.05 Å². The average Bonchev–Trinajstić information content (AvgIpc) is 2.69. The van der Waals surface area contributed by atoms with Crippen molar-refractivity contribution in [3.05, 3.63) is 34.1 Å². The molecule has 18 heavy (non-hydrogen) atoms. The Hall–Kier alpha value is -1.76. The number of tetrazole rings is 1. The molecule has 0 radical (unpaired) electrons. The molecule has 0 saturated carbocycles. The lowest BCUT2D eigenvalue weighted by Crippen LogP contribution is -2.17. The minimum absolute atomic E-state index is 0.140. The number of anilines is 1. The lowest BCUT2D eigenvalue weighted by Gasteiger charge is -2.08. The van der Waals surface area contributed by atoms with Gasteiger partial charge in [-0.25, -0.2) is 4.68 Å². The normalized spacial score (nSPS) is 10.4. The first-order valence-corrected chi connectivity index (χ1v) is 6.13. The number of benzene rings is 1. The van der Waals surface area contributed by atoms with E-state index in [9.17, 15) is 4.79 Å². The van der Waals surface area contributed by atoms with Crippen molar-refractivity contribution in [3.63, 3.8) is 0 Å². The molecule has 0 aliphatic heterocycles. The van der Waals surface area contributed by atoms with Crippen molar-refractivity contribution < 1.29 is 4.79 Å². The molecular formula is C11H12BrN5O. The molecule has 0 bridgehead atoms. The van der Waals surface area contributed by atoms with E-state index in [-0.39, 0.29) is 12.3 Å². The summed E-state index contributed by atoms with van der Waals surface area (Å²) in [5.41, 5.74) is 1.78. The molecule has 1 N–H and O–H groups in total. The number of aromatic nitrogens is 4. The zero-order valence-electron chi connectivity index (χ0n) is 10.0. The molecule has 1 heterocycles. The van der Waals surface area contributed by atoms with Crippen molar-refractivity contribution in [3.8, 4) is 0 Å². The van der Waals surface area contributed by atoms with Crippen LogP contribution in [-0.4, -0.2) is 26.1 Å². The zero-order chi connectivity index (χ0) is 13.1. The lowest BCUT2D eigenvalue weighted by molar-refractivity contribution is -0.115. The molecule has 0 spiro atoms. The second kappa shape index (κ2) is 5.26. The van der Waals surface area contributed by atoms with Gasteiger partial charge in [0, 0.05) is 17.2 Å². The zero-order valence-corrected chi connectivity index (χ0v) is 11.6. The van der Waals surface area contributed by atoms with Gasteiger partial charge in [-0.3, -0.25) is 4.79 Å². The topological polar surface area (TPSA) is 72.7 Å². The summed E-state index contributed by atoms with van der Waals surface area (Å²) in [5.74, 6) is 0.389. The van der Waals surface area contributed by atoms with E-state index in [1.54, 1.807) is 7.05 Å². The first kappa shape index (κ1) is 12.7. The van der Waals surface area contributed by atoms with Crippen molar-refractivity contribution >= 4 is 27.5 Å². The van der Waals surface area contributed by atoms with E-state index in [0.717, 1.165) is 15.7 Å². The van der Waals surface area contributed by atoms with Gasteiger partial charge in [-0.05, 0) is 41.1 Å². The Kier molecular flexibility index (Phi) is 3.71. The van der Waals surface area contributed by atoms with E-state index in [1.165, 1.54) is 4.68 Å². The van der Waals surface area contributed by atoms with E-state index in [2.05, 4.69) is 36.8 Å². The smallest absolute Gasteiger partial charge is 0.232 e. The summed E-state index contributed by atoms with van der Waals surface area (Å²) < 4.78 is 2.46. The second-order valence-corrected chi connectivity index (χ2v) is 4.82. The molecule has 0 atom stereocenters. The van der Waals surface area contributed by atoms with Crippen molar-refractivity contribution in [2.45, 2.75) is 13.3 Å². The lowest BCUT2D eigenvalue weighted by atomic mass is 10.2. The van der Waals surface area contributed by atoms with Crippen LogP contribution in [0, 0.1) is 6.92 Å². The maximum absolute atomic E-state index is 11.8. The number of carbonyl (C=O) groups excluding carboxylic acids is 1. The number of carbonyl (C=O) groups is 1. The highest BCUT2D eigenvalue weighted by molar-refractivity contribution is 9.10. The standard InChI is InChI=1S/C11H12BrN5O/c1-7-5-8(12)3-4-9(7)13-11(18)6-10-14-15-16-17(10)2/h3-5H,6H2,1-2H3,(H,13,18). The largest absolute Gasteiger partial charge is 0.325 e. The van der Waals surface area contributed by atoms with Gasteiger partial charge < -0.3 is 5.32 Å². The van der Waals surface area contributed by atoms with Gasteiger partial charge in [0.15, 0.2) is 5.82 Å². The van der Waals surface area contributed by atoms with Gasteiger partial charge in [0.25, 0.3) is 0 Å². The van der Waals surface area contributed by atoms with Crippen LogP contribution in [0.4, 0.5) is 5.69 Å². The van der Waals surface area contributed by atoms with Crippen LogP contribution in [0.3, 0.4) is 0 Å². The number of rotatable bonds is 3. The van der Waals surface area contributed by atoms with Crippen LogP contribution < -0.4 is 5.32 Å². The third-order valence-corrected chi connectivity index (χ3v) is 2.98. The van der Waals surface area contributed by atoms with Gasteiger partial charge in [0.2, 0.25) is 5.91 Å². The minimum Gasteiger partial charge on any atom is -0.325 e. The fraction of sp³-hybridized carbons (Fsp3) is 0.273. The number of aryl methyl sites for hydroxylation is 2. The van der Waals surface area contributed by atoms with Crippen LogP contribution in [0.25, 0.3) is 0 Å². The van der Waals surface area contributed by atoms with Crippen LogP contribution in [0.5, 0.6) is 0 Å². The average molecular weight is 310 g/mol. The molecule has 94 valence electrons. The van der Waals surface area contributed by atoms with Gasteiger partial charge in [-0.1, -0.05) is 15.9 Å². The molecule has 1 amide bonds. The van der Waals surface area contributed by atoms with Gasteiger partial charge in [0.05, 0.1) is 6.42 Å². The summed E-state index contributed by atoms with van der Waals surface area (Å²) in [6.45, 7) is 1.93. The Morgan fingerprint density at radius 3 is 2.89 bits per heavy atom. The molecule has 2 aromatic rings. The van der Waals surface area contributed by atoms with E-state index in [0.29, 0.717) is 5.82 Å². The molecule has 0 aliphatic carbocycles. The van der Waals surface area contributed by atoms with E-state index in [4.69, 9.17) is 0 Å². The summed E-state index contributed by atoms with van der Waals surface area (Å²) in [6, 6.07) is 5.68. The van der Waals surface area contributed by atoms with E-state index >= 15 is 0 Å². The number of amides is 1. The molecule has 0 aliphatic rings. The summed E-state index contributed by atoms with van der Waals surface area (Å²) in [7, 11) is 1.70. The van der Waals surface area contributed by atoms with Gasteiger partial charge in [-0.2, -0.15) is 0 Å². The highest BCUT2D eigenvalue weighted by atomic mass is 79.9. The van der Waals surface area contributed by atoms with Crippen LogP contribution in [0.2, 0.25) is 0 Å². The Morgan fingerprint density at radius 2 is 2.28 bits per heavy atom. The maximum Gasteiger partial charge on any atom is 0.232 e. The molecule has 7 heteroatoms. The van der Waals surface area contributed by atoms with Crippen LogP contribution >= 0.6 is 15.9 Å². The fourth-order valence-corrected chi connectivity index (χ4v) is 1.98. The third-order valence-electron chi connectivity index (χ3n) is 2.49. The van der Waals surface area contributed by atoms with Gasteiger partial charge >= 0.3 is 0 Å². The monoisotopic (exact) mass is 309 g/mol. The number of nitrogens with one attached hydrogen (secondary N) is 1. The molecule has 0 saturated heterocycles. The number of halogens is 1. The SMILES string of the molecule is Cc1cc(Br)ccc1NC(=O)Cc1nnnn1C. The highest BCUT2D eigenvalue weighted by Gasteiger charge is 2.10. The van der Waals surface area contributed by atoms with E-state index < -0.39 is 0 Å². The van der Waals surface area contributed by atoms with Crippen LogP contribution in [0.15, 0.2) is 22.7 Å². The van der Waals surface area contributed by atoms with E-state index in [1.807, 2.05) is 25.1 Å². The fourth-order valence-electron chi connectivity index (χ4n) is 1.50. The number of hydrogen-bond donors (Lipinski definition) is 1. The summed E-state index contributed by atoms with van der Waals surface area (Å²) in [5, 5.41) is 13.8. The second-order valence-electron chi connectivity index (χ2n) is 3.90. The van der Waals surface area contributed by atoms with Crippen LogP contribution in [0.1, 0.15) is 11.4 Å². The quantitative estimate of drug-likeness (QED) is 0.931. The summed E-state index contributed by atoms with van der Waals surface area (Å²) >= 11 is 3.38. The Labute approximate surface area is 113 Å². The van der Waals surface area contributed by atoms with Crippen molar-refractivity contribution in [2.75, 3.05) is 5.32 Å². The summed E-state index contributed by atoms with van der Waals surface area (Å²) in [6.07, 6.45) is 0.152. The minimum atomic E-state index is -0.140. The molecule has 1 aromatic heterocycles. The first-order valence-electron chi connectivity index (χ1n) is 5.33. The Bertz CT molecular complexity index is 581. The molecule has 0 fully saturated rings. The Morgan fingerprint density at radius 1 is 1.50 bits per heavy atom. The third kappa shape index (κ3) is 2.92. The highest BCUT2D eigenvalue weighted by Crippen LogP contribution is 2.20. The molecular weight excluding hydrogens is 298 g/mol. The van der Waals surface area contributed by atoms with Gasteiger partial charge in [-0.15, -0.1) is 5.10 Å². The van der Waals surface area contributed by atoms with Gasteiger partial charge in [0.1, 0.15) is 0 Å². The molecule has 0 unspecified atom stereocenters. The molecule has 2 rings (SSSR count). The Balaban J connectivity index is 2.05. The number of nitrogens with zero attached hydrogens (tertiary/aromatic N) is 4. The van der Waals surface area contributed by atoms with Crippen molar-refractivity contribution in [1.29, 1.82) is 0 Å².